The van der Waals surface area contributed by atoms with Gasteiger partial charge in [-0.2, -0.15) is 9.49 Å². The second-order valence-electron chi connectivity index (χ2n) is 7.91. The largest absolute Gasteiger partial charge is 0.492 e. The lowest BCUT2D eigenvalue weighted by molar-refractivity contribution is -0.0682. The van der Waals surface area contributed by atoms with E-state index in [0.717, 1.165) is 23.3 Å². The van der Waals surface area contributed by atoms with Crippen LogP contribution in [0.2, 0.25) is 0 Å². The SMILES string of the molecule is Cc1ccc(S(=O)(=O)Nc2noc3cc(Cn4cccn4)c4c(c23)OCC4)c(OC(F)C(F)F)c1. The summed E-state index contributed by atoms with van der Waals surface area (Å²) in [6.07, 6.45) is -2.38. The Morgan fingerprint density at radius 3 is 2.83 bits per heavy atom. The van der Waals surface area contributed by atoms with E-state index in [1.54, 1.807) is 29.9 Å². The number of aromatic nitrogens is 3. The van der Waals surface area contributed by atoms with Gasteiger partial charge in [0.05, 0.1) is 13.2 Å². The Kier molecular flexibility index (Phi) is 5.79. The van der Waals surface area contributed by atoms with Crippen LogP contribution in [0.3, 0.4) is 0 Å². The Hall–Kier alpha value is -3.74. The minimum absolute atomic E-state index is 0.152. The fourth-order valence-electron chi connectivity index (χ4n) is 3.91. The Morgan fingerprint density at radius 2 is 2.09 bits per heavy atom. The van der Waals surface area contributed by atoms with Gasteiger partial charge in [0.25, 0.3) is 16.4 Å². The Bertz CT molecular complexity index is 1490. The topological polar surface area (TPSA) is 108 Å². The van der Waals surface area contributed by atoms with Crippen LogP contribution >= 0.6 is 0 Å². The highest BCUT2D eigenvalue weighted by molar-refractivity contribution is 7.92. The number of ether oxygens (including phenoxy) is 2. The first kappa shape index (κ1) is 23.0. The quantitative estimate of drug-likeness (QED) is 0.382. The van der Waals surface area contributed by atoms with E-state index in [-0.39, 0.29) is 11.4 Å². The first-order valence-electron chi connectivity index (χ1n) is 10.5. The van der Waals surface area contributed by atoms with Crippen molar-refractivity contribution >= 4 is 26.8 Å². The van der Waals surface area contributed by atoms with Crippen molar-refractivity contribution < 1.29 is 35.6 Å². The van der Waals surface area contributed by atoms with Crippen molar-refractivity contribution in [1.29, 1.82) is 0 Å². The number of nitrogens with zero attached hydrogens (tertiary/aromatic N) is 3. The molecule has 1 aliphatic rings. The highest BCUT2D eigenvalue weighted by Gasteiger charge is 2.30. The molecule has 35 heavy (non-hydrogen) atoms. The standard InChI is InChI=1S/C22H19F3N4O5S/c1-12-3-4-17(15(9-12)33-21(25)20(23)24)35(30,31)28-22-18-16(34-27-22)10-13(11-29-7-2-6-26-29)14-5-8-32-19(14)18/h2-4,6-7,9-10,20-21H,5,8,11H2,1H3,(H,27,28). The van der Waals surface area contributed by atoms with Gasteiger partial charge in [-0.1, -0.05) is 11.2 Å². The van der Waals surface area contributed by atoms with E-state index in [0.29, 0.717) is 36.3 Å². The highest BCUT2D eigenvalue weighted by atomic mass is 32.2. The molecule has 0 saturated carbocycles. The molecule has 2 aromatic carbocycles. The molecule has 0 radical (unpaired) electrons. The average molecular weight is 508 g/mol. The van der Waals surface area contributed by atoms with Crippen LogP contribution in [0.4, 0.5) is 19.0 Å². The van der Waals surface area contributed by atoms with Gasteiger partial charge in [0.2, 0.25) is 0 Å². The normalized spacial score (nSPS) is 14.2. The van der Waals surface area contributed by atoms with Crippen LogP contribution in [-0.4, -0.2) is 42.7 Å². The van der Waals surface area contributed by atoms with Crippen LogP contribution in [0.25, 0.3) is 11.0 Å². The van der Waals surface area contributed by atoms with Crippen molar-refractivity contribution in [2.45, 2.75) is 37.6 Å². The monoisotopic (exact) mass is 508 g/mol. The third-order valence-electron chi connectivity index (χ3n) is 5.46. The Labute approximate surface area is 197 Å². The summed E-state index contributed by atoms with van der Waals surface area (Å²) in [6.45, 7) is 2.42. The summed E-state index contributed by atoms with van der Waals surface area (Å²) >= 11 is 0. The molecule has 184 valence electrons. The van der Waals surface area contributed by atoms with Crippen LogP contribution in [0.5, 0.6) is 11.5 Å². The second kappa shape index (κ2) is 8.80. The number of fused-ring (bicyclic) bond motifs is 3. The summed E-state index contributed by atoms with van der Waals surface area (Å²) in [5.41, 5.74) is 2.53. The zero-order valence-corrected chi connectivity index (χ0v) is 19.1. The van der Waals surface area contributed by atoms with Gasteiger partial charge in [-0.15, -0.1) is 0 Å². The lowest BCUT2D eigenvalue weighted by Gasteiger charge is -2.15. The number of benzene rings is 2. The van der Waals surface area contributed by atoms with Gasteiger partial charge in [0, 0.05) is 24.4 Å². The lowest BCUT2D eigenvalue weighted by atomic mass is 10.0. The molecule has 3 heterocycles. The minimum Gasteiger partial charge on any atom is -0.492 e. The molecule has 5 rings (SSSR count). The molecule has 0 saturated heterocycles. The van der Waals surface area contributed by atoms with Crippen molar-refractivity contribution in [3.05, 3.63) is 59.4 Å². The minimum atomic E-state index is -4.44. The van der Waals surface area contributed by atoms with E-state index in [2.05, 4.69) is 19.7 Å². The van der Waals surface area contributed by atoms with Crippen molar-refractivity contribution in [2.75, 3.05) is 11.3 Å². The molecule has 4 aromatic rings. The van der Waals surface area contributed by atoms with Gasteiger partial charge in [-0.25, -0.2) is 17.2 Å². The van der Waals surface area contributed by atoms with E-state index in [1.807, 2.05) is 6.20 Å². The van der Waals surface area contributed by atoms with Crippen LogP contribution in [0, 0.1) is 6.92 Å². The fourth-order valence-corrected chi connectivity index (χ4v) is 5.04. The molecule has 0 fully saturated rings. The molecule has 13 heteroatoms. The number of nitrogens with one attached hydrogen (secondary N) is 1. The first-order valence-corrected chi connectivity index (χ1v) is 12.0. The maximum Gasteiger partial charge on any atom is 0.304 e. The van der Waals surface area contributed by atoms with Crippen LogP contribution < -0.4 is 14.2 Å². The summed E-state index contributed by atoms with van der Waals surface area (Å²) in [6, 6.07) is 7.27. The predicted molar refractivity (Wildman–Crippen MR) is 118 cm³/mol. The molecule has 2 aromatic heterocycles. The lowest BCUT2D eigenvalue weighted by Crippen LogP contribution is -2.22. The predicted octanol–water partition coefficient (Wildman–Crippen LogP) is 4.06. The summed E-state index contributed by atoms with van der Waals surface area (Å²) in [4.78, 5) is -0.532. The number of hydrogen-bond donors (Lipinski definition) is 1. The number of rotatable bonds is 8. The molecule has 0 bridgehead atoms. The van der Waals surface area contributed by atoms with Gasteiger partial charge in [-0.05, 0) is 42.3 Å². The second-order valence-corrected chi connectivity index (χ2v) is 9.56. The van der Waals surface area contributed by atoms with Crippen LogP contribution in [0.1, 0.15) is 16.7 Å². The smallest absolute Gasteiger partial charge is 0.304 e. The number of anilines is 1. The van der Waals surface area contributed by atoms with Crippen LogP contribution in [0.15, 0.2) is 52.1 Å². The molecule has 0 aliphatic carbocycles. The molecule has 1 atom stereocenters. The zero-order valence-electron chi connectivity index (χ0n) is 18.2. The number of alkyl halides is 3. The van der Waals surface area contributed by atoms with Gasteiger partial charge in [0.15, 0.2) is 11.4 Å². The molecule has 0 spiro atoms. The van der Waals surface area contributed by atoms with E-state index in [4.69, 9.17) is 9.26 Å². The summed E-state index contributed by atoms with van der Waals surface area (Å²) in [5, 5.41) is 8.37. The molecular formula is C22H19F3N4O5S. The Morgan fingerprint density at radius 1 is 1.26 bits per heavy atom. The van der Waals surface area contributed by atoms with Crippen molar-refractivity contribution in [3.63, 3.8) is 0 Å². The molecule has 0 amide bonds. The average Bonchev–Trinajstić information content (AvgIpc) is 3.54. The van der Waals surface area contributed by atoms with E-state index in [1.165, 1.54) is 6.07 Å². The van der Waals surface area contributed by atoms with Crippen molar-refractivity contribution in [3.8, 4) is 11.5 Å². The van der Waals surface area contributed by atoms with Crippen LogP contribution in [-0.2, 0) is 23.0 Å². The van der Waals surface area contributed by atoms with E-state index >= 15 is 0 Å². The summed E-state index contributed by atoms with van der Waals surface area (Å²) < 4.78 is 85.1. The third-order valence-corrected chi connectivity index (χ3v) is 6.84. The van der Waals surface area contributed by atoms with E-state index < -0.39 is 33.5 Å². The van der Waals surface area contributed by atoms with Gasteiger partial charge in [0.1, 0.15) is 21.8 Å². The van der Waals surface area contributed by atoms with Crippen molar-refractivity contribution in [2.24, 2.45) is 0 Å². The summed E-state index contributed by atoms with van der Waals surface area (Å²) in [7, 11) is -4.44. The zero-order chi connectivity index (χ0) is 24.7. The summed E-state index contributed by atoms with van der Waals surface area (Å²) in [5.74, 6) is -0.271. The first-order chi connectivity index (χ1) is 16.7. The molecule has 1 N–H and O–H groups in total. The van der Waals surface area contributed by atoms with Gasteiger partial charge >= 0.3 is 6.43 Å². The Balaban J connectivity index is 1.52. The fraction of sp³-hybridized carbons (Fsp3) is 0.273. The molecular weight excluding hydrogens is 489 g/mol. The van der Waals surface area contributed by atoms with Crippen molar-refractivity contribution in [1.82, 2.24) is 14.9 Å². The number of hydrogen-bond acceptors (Lipinski definition) is 7. The highest BCUT2D eigenvalue weighted by Crippen LogP contribution is 2.42. The maximum absolute atomic E-state index is 13.6. The maximum atomic E-state index is 13.6. The molecule has 1 unspecified atom stereocenters. The van der Waals surface area contributed by atoms with E-state index in [9.17, 15) is 21.6 Å². The van der Waals surface area contributed by atoms with Gasteiger partial charge < -0.3 is 14.0 Å². The number of sulfonamides is 1. The molecule has 9 nitrogen and oxygen atoms in total. The molecule has 1 aliphatic heterocycles. The number of aryl methyl sites for hydroxylation is 1. The number of halogens is 3. The third kappa shape index (κ3) is 4.38. The van der Waals surface area contributed by atoms with Gasteiger partial charge in [-0.3, -0.25) is 9.40 Å².